The van der Waals surface area contributed by atoms with Crippen LogP contribution in [0.25, 0.3) is 38.6 Å². The van der Waals surface area contributed by atoms with E-state index in [4.69, 9.17) is 4.74 Å². The van der Waals surface area contributed by atoms with E-state index in [1.807, 2.05) is 18.2 Å². The standard InChI is InChI=1S/C48H33N3O/c1-3-13-34(14-4-1)35-23-25-37(26-24-35)49(38-27-29-39(30-28-38)50-43-19-9-7-17-41(43)42-18-8-10-20-44(42)50)40-31-32-46-48(33-40)52-47-22-12-11-21-45(47)51(46)36-15-5-2-6-16-36/h1-33H. The summed E-state index contributed by atoms with van der Waals surface area (Å²) in [5.74, 6) is 1.62. The van der Waals surface area contributed by atoms with E-state index in [-0.39, 0.29) is 0 Å². The highest BCUT2D eigenvalue weighted by Crippen LogP contribution is 2.52. The fourth-order valence-corrected chi connectivity index (χ4v) is 7.57. The second kappa shape index (κ2) is 12.4. The van der Waals surface area contributed by atoms with Gasteiger partial charge in [0, 0.05) is 45.3 Å². The van der Waals surface area contributed by atoms with Gasteiger partial charge >= 0.3 is 0 Å². The van der Waals surface area contributed by atoms with Crippen LogP contribution in [0.1, 0.15) is 0 Å². The zero-order valence-corrected chi connectivity index (χ0v) is 28.3. The lowest BCUT2D eigenvalue weighted by atomic mass is 10.0. The zero-order chi connectivity index (χ0) is 34.4. The molecule has 10 rings (SSSR count). The minimum atomic E-state index is 0.799. The van der Waals surface area contributed by atoms with Crippen molar-refractivity contribution in [2.24, 2.45) is 0 Å². The normalized spacial score (nSPS) is 12.0. The number of hydrogen-bond acceptors (Lipinski definition) is 3. The Labute approximate surface area is 302 Å². The molecule has 0 atom stereocenters. The second-order valence-electron chi connectivity index (χ2n) is 13.0. The molecule has 0 saturated carbocycles. The van der Waals surface area contributed by atoms with Crippen molar-refractivity contribution in [2.75, 3.05) is 9.80 Å². The highest BCUT2D eigenvalue weighted by atomic mass is 16.5. The summed E-state index contributed by atoms with van der Waals surface area (Å²) in [6.07, 6.45) is 0. The van der Waals surface area contributed by atoms with Gasteiger partial charge in [0.2, 0.25) is 0 Å². The zero-order valence-electron chi connectivity index (χ0n) is 28.3. The summed E-state index contributed by atoms with van der Waals surface area (Å²) in [4.78, 5) is 4.58. The van der Waals surface area contributed by atoms with Crippen LogP contribution in [-0.4, -0.2) is 4.57 Å². The van der Waals surface area contributed by atoms with Crippen LogP contribution in [0.15, 0.2) is 200 Å². The molecule has 4 nitrogen and oxygen atoms in total. The maximum Gasteiger partial charge on any atom is 0.153 e. The van der Waals surface area contributed by atoms with Gasteiger partial charge in [0.25, 0.3) is 0 Å². The van der Waals surface area contributed by atoms with Gasteiger partial charge in [-0.25, -0.2) is 0 Å². The van der Waals surface area contributed by atoms with E-state index < -0.39 is 0 Å². The van der Waals surface area contributed by atoms with Gasteiger partial charge in [-0.05, 0) is 96.1 Å². The van der Waals surface area contributed by atoms with E-state index in [1.165, 1.54) is 32.9 Å². The third kappa shape index (κ3) is 5.00. The Hall–Kier alpha value is -7.04. The molecule has 0 saturated heterocycles. The largest absolute Gasteiger partial charge is 0.453 e. The first-order chi connectivity index (χ1) is 25.8. The van der Waals surface area contributed by atoms with Crippen LogP contribution >= 0.6 is 0 Å². The van der Waals surface area contributed by atoms with Crippen LogP contribution in [0.4, 0.5) is 34.1 Å². The number of rotatable bonds is 6. The molecular weight excluding hydrogens is 635 g/mol. The molecule has 0 amide bonds. The lowest BCUT2D eigenvalue weighted by Gasteiger charge is -2.34. The van der Waals surface area contributed by atoms with Crippen LogP contribution in [0.3, 0.4) is 0 Å². The number of hydrogen-bond donors (Lipinski definition) is 0. The van der Waals surface area contributed by atoms with E-state index in [0.29, 0.717) is 0 Å². The number of benzene rings is 8. The molecule has 0 bridgehead atoms. The molecule has 0 unspecified atom stereocenters. The maximum atomic E-state index is 6.65. The van der Waals surface area contributed by atoms with Crippen LogP contribution < -0.4 is 14.5 Å². The van der Waals surface area contributed by atoms with Crippen molar-refractivity contribution in [2.45, 2.75) is 0 Å². The van der Waals surface area contributed by atoms with Crippen LogP contribution in [0.2, 0.25) is 0 Å². The van der Waals surface area contributed by atoms with Crippen molar-refractivity contribution in [1.82, 2.24) is 4.57 Å². The first-order valence-electron chi connectivity index (χ1n) is 17.6. The third-order valence-electron chi connectivity index (χ3n) is 9.96. The summed E-state index contributed by atoms with van der Waals surface area (Å²) in [5.41, 5.74) is 12.1. The van der Waals surface area contributed by atoms with Gasteiger partial charge in [0.15, 0.2) is 11.5 Å². The molecular formula is C48H33N3O. The first kappa shape index (κ1) is 29.8. The van der Waals surface area contributed by atoms with Crippen LogP contribution in [0.5, 0.6) is 11.5 Å². The van der Waals surface area contributed by atoms with E-state index in [1.54, 1.807) is 0 Å². The highest BCUT2D eigenvalue weighted by molar-refractivity contribution is 6.09. The van der Waals surface area contributed by atoms with Crippen molar-refractivity contribution in [3.05, 3.63) is 200 Å². The predicted octanol–water partition coefficient (Wildman–Crippen LogP) is 13.5. The summed E-state index contributed by atoms with van der Waals surface area (Å²) in [6.45, 7) is 0. The predicted molar refractivity (Wildman–Crippen MR) is 216 cm³/mol. The van der Waals surface area contributed by atoms with Crippen molar-refractivity contribution in [3.8, 4) is 28.3 Å². The molecule has 8 aromatic carbocycles. The molecule has 246 valence electrons. The van der Waals surface area contributed by atoms with Gasteiger partial charge in [0.1, 0.15) is 0 Å². The Morgan fingerprint density at radius 1 is 0.365 bits per heavy atom. The van der Waals surface area contributed by atoms with Crippen molar-refractivity contribution >= 4 is 55.9 Å². The topological polar surface area (TPSA) is 20.6 Å². The molecule has 1 aliphatic heterocycles. The number of aromatic nitrogens is 1. The van der Waals surface area contributed by atoms with Gasteiger partial charge in [-0.2, -0.15) is 0 Å². The molecule has 52 heavy (non-hydrogen) atoms. The lowest BCUT2D eigenvalue weighted by Crippen LogP contribution is -2.16. The van der Waals surface area contributed by atoms with Gasteiger partial charge in [-0.15, -0.1) is 0 Å². The van der Waals surface area contributed by atoms with Crippen LogP contribution in [0, 0.1) is 0 Å². The minimum absolute atomic E-state index is 0.799. The second-order valence-corrected chi connectivity index (χ2v) is 13.0. The summed E-state index contributed by atoms with van der Waals surface area (Å²) < 4.78 is 9.00. The Kier molecular flexibility index (Phi) is 7.10. The minimum Gasteiger partial charge on any atom is -0.453 e. The van der Waals surface area contributed by atoms with E-state index in [9.17, 15) is 0 Å². The molecule has 9 aromatic rings. The van der Waals surface area contributed by atoms with E-state index >= 15 is 0 Å². The molecule has 1 aliphatic rings. The summed E-state index contributed by atoms with van der Waals surface area (Å²) >= 11 is 0. The molecule has 0 spiro atoms. The van der Waals surface area contributed by atoms with Crippen molar-refractivity contribution < 1.29 is 4.74 Å². The number of ether oxygens (including phenoxy) is 1. The van der Waals surface area contributed by atoms with Crippen molar-refractivity contribution in [1.29, 1.82) is 0 Å². The highest BCUT2D eigenvalue weighted by Gasteiger charge is 2.27. The monoisotopic (exact) mass is 667 g/mol. The first-order valence-corrected chi connectivity index (χ1v) is 17.6. The van der Waals surface area contributed by atoms with Gasteiger partial charge in [-0.1, -0.05) is 109 Å². The smallest absolute Gasteiger partial charge is 0.153 e. The summed E-state index contributed by atoms with van der Waals surface area (Å²) in [7, 11) is 0. The number of fused-ring (bicyclic) bond motifs is 5. The quantitative estimate of drug-likeness (QED) is 0.176. The SMILES string of the molecule is c1ccc(-c2ccc(N(c3ccc(-n4c5ccccc5c5ccccc54)cc3)c3ccc4c(c3)Oc3ccccc3N4c3ccccc3)cc2)cc1. The molecule has 0 radical (unpaired) electrons. The van der Waals surface area contributed by atoms with Gasteiger partial charge in [0.05, 0.1) is 22.4 Å². The van der Waals surface area contributed by atoms with E-state index in [2.05, 4.69) is 196 Å². The van der Waals surface area contributed by atoms with Gasteiger partial charge in [-0.3, -0.25) is 0 Å². The van der Waals surface area contributed by atoms with E-state index in [0.717, 1.165) is 51.3 Å². The maximum absolute atomic E-state index is 6.65. The van der Waals surface area contributed by atoms with Crippen molar-refractivity contribution in [3.63, 3.8) is 0 Å². The molecule has 1 aromatic heterocycles. The number of para-hydroxylation sites is 5. The molecule has 0 N–H and O–H groups in total. The Morgan fingerprint density at radius 2 is 0.885 bits per heavy atom. The average molecular weight is 668 g/mol. The molecule has 0 fully saturated rings. The Morgan fingerprint density at radius 3 is 1.58 bits per heavy atom. The summed E-state index contributed by atoms with van der Waals surface area (Å²) in [5, 5.41) is 2.50. The van der Waals surface area contributed by atoms with Crippen LogP contribution in [-0.2, 0) is 0 Å². The fourth-order valence-electron chi connectivity index (χ4n) is 7.57. The number of anilines is 6. The Balaban J connectivity index is 1.10. The van der Waals surface area contributed by atoms with Gasteiger partial charge < -0.3 is 19.1 Å². The third-order valence-corrected chi connectivity index (χ3v) is 9.96. The fraction of sp³-hybridized carbons (Fsp3) is 0. The molecule has 0 aliphatic carbocycles. The summed E-state index contributed by atoms with van der Waals surface area (Å²) in [6, 6.07) is 70.7. The Bertz CT molecular complexity index is 2650. The lowest BCUT2D eigenvalue weighted by molar-refractivity contribution is 0.477. The average Bonchev–Trinajstić information content (AvgIpc) is 3.55. The molecule has 4 heteroatoms. The molecule has 2 heterocycles. The number of nitrogens with zero attached hydrogens (tertiary/aromatic N) is 3.